The molecule has 0 bridgehead atoms. The first-order chi connectivity index (χ1) is 17.3. The molecule has 3 aromatic heterocycles. The van der Waals surface area contributed by atoms with Crippen molar-refractivity contribution in [1.82, 2.24) is 25.0 Å². The van der Waals surface area contributed by atoms with Crippen molar-refractivity contribution < 1.29 is 9.32 Å². The minimum atomic E-state index is -0.402. The molecular formula is C28H32N6O2. The zero-order valence-corrected chi connectivity index (χ0v) is 21.4. The van der Waals surface area contributed by atoms with Gasteiger partial charge in [0.2, 0.25) is 5.91 Å². The topological polar surface area (TPSA) is 88.3 Å². The van der Waals surface area contributed by atoms with Crippen molar-refractivity contribution in [3.63, 3.8) is 0 Å². The SMILES string of the molecule is Cc1ccc(Cc2nc(N3CCCN(C(=O)C(C)(C)C)CC3)c3c(-c4cccnc4)noc3n2)cc1. The molecule has 1 aliphatic heterocycles. The zero-order valence-electron chi connectivity index (χ0n) is 21.4. The van der Waals surface area contributed by atoms with E-state index in [1.807, 2.05) is 37.8 Å². The molecule has 5 rings (SSSR count). The number of pyridine rings is 1. The number of hydrogen-bond donors (Lipinski definition) is 0. The largest absolute Gasteiger partial charge is 0.354 e. The standard InChI is InChI=1S/C28H32N6O2/c1-19-8-10-20(11-9-19)17-22-30-25(33-13-6-14-34(16-15-33)27(35)28(2,3)4)23-24(32-36-26(23)31-22)21-7-5-12-29-18-21/h5,7-12,18H,6,13-17H2,1-4H3. The van der Waals surface area contributed by atoms with E-state index < -0.39 is 5.41 Å². The number of carbonyl (C=O) groups excluding carboxylic acids is 1. The van der Waals surface area contributed by atoms with Crippen molar-refractivity contribution in [3.8, 4) is 11.3 Å². The summed E-state index contributed by atoms with van der Waals surface area (Å²) in [7, 11) is 0. The van der Waals surface area contributed by atoms with E-state index in [9.17, 15) is 4.79 Å². The Hall–Kier alpha value is -3.81. The summed E-state index contributed by atoms with van der Waals surface area (Å²) < 4.78 is 5.75. The van der Waals surface area contributed by atoms with Crippen LogP contribution in [0.1, 0.15) is 44.1 Å². The highest BCUT2D eigenvalue weighted by atomic mass is 16.5. The Bertz CT molecular complexity index is 1360. The molecule has 1 fully saturated rings. The number of nitrogens with zero attached hydrogens (tertiary/aromatic N) is 6. The average Bonchev–Trinajstić information content (AvgIpc) is 3.14. The van der Waals surface area contributed by atoms with Crippen LogP contribution in [0.15, 0.2) is 53.3 Å². The van der Waals surface area contributed by atoms with Gasteiger partial charge in [0.05, 0.1) is 0 Å². The van der Waals surface area contributed by atoms with Crippen molar-refractivity contribution in [3.05, 3.63) is 65.7 Å². The molecular weight excluding hydrogens is 452 g/mol. The van der Waals surface area contributed by atoms with Gasteiger partial charge >= 0.3 is 0 Å². The number of hydrogen-bond acceptors (Lipinski definition) is 7. The van der Waals surface area contributed by atoms with E-state index in [1.165, 1.54) is 5.56 Å². The summed E-state index contributed by atoms with van der Waals surface area (Å²) in [5.41, 5.74) is 3.95. The number of aromatic nitrogens is 4. The van der Waals surface area contributed by atoms with Gasteiger partial charge in [-0.2, -0.15) is 4.98 Å². The highest BCUT2D eigenvalue weighted by molar-refractivity contribution is 5.98. The van der Waals surface area contributed by atoms with Crippen LogP contribution in [0.25, 0.3) is 22.4 Å². The minimum absolute atomic E-state index is 0.179. The van der Waals surface area contributed by atoms with Crippen molar-refractivity contribution in [2.24, 2.45) is 5.41 Å². The van der Waals surface area contributed by atoms with E-state index in [0.717, 1.165) is 41.8 Å². The lowest BCUT2D eigenvalue weighted by molar-refractivity contribution is -0.139. The Morgan fingerprint density at radius 2 is 1.83 bits per heavy atom. The Labute approximate surface area is 211 Å². The molecule has 0 spiro atoms. The monoisotopic (exact) mass is 484 g/mol. The van der Waals surface area contributed by atoms with Gasteiger partial charge in [0.1, 0.15) is 22.7 Å². The second-order valence-electron chi connectivity index (χ2n) is 10.5. The fraction of sp³-hybridized carbons (Fsp3) is 0.393. The van der Waals surface area contributed by atoms with E-state index in [1.54, 1.807) is 12.4 Å². The van der Waals surface area contributed by atoms with E-state index in [4.69, 9.17) is 14.5 Å². The average molecular weight is 485 g/mol. The number of carbonyl (C=O) groups is 1. The number of aryl methyl sites for hydroxylation is 1. The summed E-state index contributed by atoms with van der Waals surface area (Å²) in [5, 5.41) is 5.15. The molecule has 0 unspecified atom stereocenters. The van der Waals surface area contributed by atoms with Gasteiger partial charge in [0.15, 0.2) is 0 Å². The third-order valence-electron chi connectivity index (χ3n) is 6.51. The smallest absolute Gasteiger partial charge is 0.263 e. The summed E-state index contributed by atoms with van der Waals surface area (Å²) in [4.78, 5) is 31.2. The van der Waals surface area contributed by atoms with Gasteiger partial charge < -0.3 is 14.3 Å². The third kappa shape index (κ3) is 4.94. The Balaban J connectivity index is 1.54. The second kappa shape index (κ2) is 9.68. The zero-order chi connectivity index (χ0) is 25.3. The van der Waals surface area contributed by atoms with Crippen LogP contribution in [0.4, 0.5) is 5.82 Å². The fourth-order valence-electron chi connectivity index (χ4n) is 4.58. The minimum Gasteiger partial charge on any atom is -0.354 e. The van der Waals surface area contributed by atoms with Crippen LogP contribution in [0.5, 0.6) is 0 Å². The van der Waals surface area contributed by atoms with Crippen LogP contribution in [0.3, 0.4) is 0 Å². The van der Waals surface area contributed by atoms with Crippen LogP contribution in [-0.2, 0) is 11.2 Å². The maximum absolute atomic E-state index is 13.0. The van der Waals surface area contributed by atoms with E-state index in [0.29, 0.717) is 36.7 Å². The highest BCUT2D eigenvalue weighted by Gasteiger charge is 2.30. The summed E-state index contributed by atoms with van der Waals surface area (Å²) in [5.74, 6) is 1.66. The molecule has 0 N–H and O–H groups in total. The van der Waals surface area contributed by atoms with Gasteiger partial charge in [-0.25, -0.2) is 4.98 Å². The van der Waals surface area contributed by atoms with Gasteiger partial charge in [0, 0.05) is 56.0 Å². The molecule has 186 valence electrons. The third-order valence-corrected chi connectivity index (χ3v) is 6.51. The highest BCUT2D eigenvalue weighted by Crippen LogP contribution is 2.34. The Morgan fingerprint density at radius 3 is 2.56 bits per heavy atom. The number of fused-ring (bicyclic) bond motifs is 1. The van der Waals surface area contributed by atoms with Crippen LogP contribution in [0.2, 0.25) is 0 Å². The first-order valence-corrected chi connectivity index (χ1v) is 12.5. The summed E-state index contributed by atoms with van der Waals surface area (Å²) in [6, 6.07) is 12.2. The van der Waals surface area contributed by atoms with Gasteiger partial charge in [-0.05, 0) is 31.0 Å². The number of anilines is 1. The molecule has 1 aliphatic rings. The number of rotatable bonds is 4. The predicted molar refractivity (Wildman–Crippen MR) is 140 cm³/mol. The maximum atomic E-state index is 13.0. The van der Waals surface area contributed by atoms with Gasteiger partial charge in [-0.15, -0.1) is 0 Å². The molecule has 1 amide bonds. The van der Waals surface area contributed by atoms with Gasteiger partial charge in [0.25, 0.3) is 5.71 Å². The van der Waals surface area contributed by atoms with E-state index in [-0.39, 0.29) is 5.91 Å². The first-order valence-electron chi connectivity index (χ1n) is 12.5. The molecule has 8 heteroatoms. The molecule has 0 radical (unpaired) electrons. The first kappa shape index (κ1) is 23.9. The lowest BCUT2D eigenvalue weighted by Crippen LogP contribution is -2.41. The van der Waals surface area contributed by atoms with Crippen molar-refractivity contribution >= 4 is 22.8 Å². The normalized spacial score (nSPS) is 14.8. The van der Waals surface area contributed by atoms with Crippen LogP contribution in [0, 0.1) is 12.3 Å². The van der Waals surface area contributed by atoms with E-state index >= 15 is 0 Å². The second-order valence-corrected chi connectivity index (χ2v) is 10.5. The molecule has 0 atom stereocenters. The number of amides is 1. The predicted octanol–water partition coefficient (Wildman–Crippen LogP) is 4.66. The van der Waals surface area contributed by atoms with Gasteiger partial charge in [-0.1, -0.05) is 55.8 Å². The molecule has 4 aromatic rings. The molecule has 36 heavy (non-hydrogen) atoms. The molecule has 0 aliphatic carbocycles. The van der Waals surface area contributed by atoms with Crippen molar-refractivity contribution in [2.75, 3.05) is 31.1 Å². The molecule has 1 aromatic carbocycles. The lowest BCUT2D eigenvalue weighted by Gasteiger charge is -2.28. The molecule has 0 saturated carbocycles. The maximum Gasteiger partial charge on any atom is 0.263 e. The van der Waals surface area contributed by atoms with Gasteiger partial charge in [-0.3, -0.25) is 9.78 Å². The van der Waals surface area contributed by atoms with E-state index in [2.05, 4.69) is 46.2 Å². The summed E-state index contributed by atoms with van der Waals surface area (Å²) in [6.45, 7) is 10.8. The van der Waals surface area contributed by atoms with Crippen LogP contribution >= 0.6 is 0 Å². The molecule has 1 saturated heterocycles. The summed E-state index contributed by atoms with van der Waals surface area (Å²) in [6.07, 6.45) is 4.95. The van der Waals surface area contributed by atoms with Crippen LogP contribution in [-0.4, -0.2) is 57.1 Å². The van der Waals surface area contributed by atoms with Crippen molar-refractivity contribution in [1.29, 1.82) is 0 Å². The van der Waals surface area contributed by atoms with Crippen molar-refractivity contribution in [2.45, 2.75) is 40.5 Å². The molecule has 4 heterocycles. The Morgan fingerprint density at radius 1 is 1.03 bits per heavy atom. The Kier molecular flexibility index (Phi) is 6.43. The van der Waals surface area contributed by atoms with Crippen LogP contribution < -0.4 is 4.90 Å². The fourth-order valence-corrected chi connectivity index (χ4v) is 4.58. The lowest BCUT2D eigenvalue weighted by atomic mass is 9.94. The number of benzene rings is 1. The summed E-state index contributed by atoms with van der Waals surface area (Å²) >= 11 is 0. The molecule has 8 nitrogen and oxygen atoms in total. The quantitative estimate of drug-likeness (QED) is 0.416.